The van der Waals surface area contributed by atoms with Crippen molar-refractivity contribution in [1.82, 2.24) is 9.78 Å². The molecule has 0 aliphatic carbocycles. The average molecular weight is 211 g/mol. The van der Waals surface area contributed by atoms with E-state index in [2.05, 4.69) is 25.9 Å². The van der Waals surface area contributed by atoms with Gasteiger partial charge in [0.15, 0.2) is 0 Å². The third-order valence-electron chi connectivity index (χ3n) is 2.85. The summed E-state index contributed by atoms with van der Waals surface area (Å²) in [6.07, 6.45) is 0.978. The van der Waals surface area contributed by atoms with E-state index in [0.29, 0.717) is 12.4 Å². The van der Waals surface area contributed by atoms with Gasteiger partial charge in [-0.25, -0.2) is 0 Å². The molecule has 2 N–H and O–H groups in total. The lowest BCUT2D eigenvalue weighted by Gasteiger charge is -2.23. The molecule has 1 rings (SSSR count). The molecule has 0 radical (unpaired) electrons. The zero-order chi connectivity index (χ0) is 11.6. The monoisotopic (exact) mass is 211 g/mol. The van der Waals surface area contributed by atoms with Gasteiger partial charge in [0.05, 0.1) is 17.9 Å². The molecule has 0 atom stereocenters. The minimum Gasteiger partial charge on any atom is -0.384 e. The topological polar surface area (TPSA) is 53.1 Å². The quantitative estimate of drug-likeness (QED) is 0.829. The van der Waals surface area contributed by atoms with Crippen LogP contribution in [-0.2, 0) is 18.4 Å². The molecule has 0 aliphatic heterocycles. The van der Waals surface area contributed by atoms with Crippen molar-refractivity contribution >= 4 is 5.82 Å². The molecule has 4 nitrogen and oxygen atoms in total. The van der Waals surface area contributed by atoms with Crippen molar-refractivity contribution in [3.8, 4) is 0 Å². The molecule has 4 heteroatoms. The molecule has 0 spiro atoms. The summed E-state index contributed by atoms with van der Waals surface area (Å²) >= 11 is 0. The summed E-state index contributed by atoms with van der Waals surface area (Å²) in [5.74, 6) is 0.694. The lowest BCUT2D eigenvalue weighted by atomic mass is 10.1. The highest BCUT2D eigenvalue weighted by Gasteiger charge is 2.18. The largest absolute Gasteiger partial charge is 0.384 e. The molecule has 0 aromatic carbocycles. The van der Waals surface area contributed by atoms with E-state index in [-0.39, 0.29) is 5.60 Å². The van der Waals surface area contributed by atoms with Crippen molar-refractivity contribution in [2.45, 2.75) is 46.3 Å². The van der Waals surface area contributed by atoms with E-state index in [1.54, 1.807) is 4.68 Å². The van der Waals surface area contributed by atoms with Crippen LogP contribution in [0.2, 0.25) is 0 Å². The third kappa shape index (κ3) is 2.72. The van der Waals surface area contributed by atoms with Gasteiger partial charge >= 0.3 is 0 Å². The number of hydrogen-bond donors (Lipinski definition) is 1. The number of nitrogens with zero attached hydrogens (tertiary/aromatic N) is 2. The number of aryl methyl sites for hydroxylation is 2. The molecule has 86 valence electrons. The first kappa shape index (κ1) is 12.0. The second-order valence-electron chi connectivity index (χ2n) is 4.47. The van der Waals surface area contributed by atoms with Gasteiger partial charge in [-0.1, -0.05) is 6.92 Å². The van der Waals surface area contributed by atoms with Gasteiger partial charge in [0.1, 0.15) is 5.82 Å². The fourth-order valence-electron chi connectivity index (χ4n) is 1.27. The van der Waals surface area contributed by atoms with E-state index in [4.69, 9.17) is 10.5 Å². The van der Waals surface area contributed by atoms with Gasteiger partial charge in [0, 0.05) is 12.6 Å². The van der Waals surface area contributed by atoms with Crippen LogP contribution in [0.3, 0.4) is 0 Å². The molecule has 0 bridgehead atoms. The molecule has 0 fully saturated rings. The molecule has 1 aromatic rings. The maximum atomic E-state index is 5.89. The number of hydrogen-bond acceptors (Lipinski definition) is 3. The van der Waals surface area contributed by atoms with Gasteiger partial charge in [-0.15, -0.1) is 0 Å². The van der Waals surface area contributed by atoms with E-state index in [9.17, 15) is 0 Å². The van der Waals surface area contributed by atoms with Crippen molar-refractivity contribution in [2.75, 3.05) is 5.73 Å². The van der Waals surface area contributed by atoms with Gasteiger partial charge in [0.25, 0.3) is 0 Å². The van der Waals surface area contributed by atoms with Crippen LogP contribution in [0.4, 0.5) is 5.82 Å². The lowest BCUT2D eigenvalue weighted by Crippen LogP contribution is -2.23. The van der Waals surface area contributed by atoms with Crippen LogP contribution in [-0.4, -0.2) is 15.4 Å². The molecule has 0 amide bonds. The summed E-state index contributed by atoms with van der Waals surface area (Å²) in [6.45, 7) is 8.75. The minimum absolute atomic E-state index is 0.102. The molecule has 1 heterocycles. The first-order valence-corrected chi connectivity index (χ1v) is 5.29. The van der Waals surface area contributed by atoms with Crippen molar-refractivity contribution in [2.24, 2.45) is 7.05 Å². The highest BCUT2D eigenvalue weighted by atomic mass is 16.5. The second kappa shape index (κ2) is 4.23. The van der Waals surface area contributed by atoms with Crippen LogP contribution in [0.25, 0.3) is 0 Å². The smallest absolute Gasteiger partial charge is 0.127 e. The zero-order valence-corrected chi connectivity index (χ0v) is 10.3. The first-order chi connectivity index (χ1) is 6.87. The Morgan fingerprint density at radius 3 is 2.47 bits per heavy atom. The molecule has 0 aliphatic rings. The number of ether oxygens (including phenoxy) is 1. The summed E-state index contributed by atoms with van der Waals surface area (Å²) < 4.78 is 7.49. The van der Waals surface area contributed by atoms with Crippen molar-refractivity contribution < 1.29 is 4.74 Å². The van der Waals surface area contributed by atoms with Gasteiger partial charge < -0.3 is 10.5 Å². The van der Waals surface area contributed by atoms with Crippen LogP contribution in [0, 0.1) is 6.92 Å². The van der Waals surface area contributed by atoms with E-state index in [1.165, 1.54) is 0 Å². The van der Waals surface area contributed by atoms with Crippen molar-refractivity contribution in [3.05, 3.63) is 11.3 Å². The van der Waals surface area contributed by atoms with Crippen LogP contribution in [0.5, 0.6) is 0 Å². The number of aromatic nitrogens is 2. The Kier molecular flexibility index (Phi) is 3.39. The highest BCUT2D eigenvalue weighted by molar-refractivity contribution is 5.42. The van der Waals surface area contributed by atoms with Gasteiger partial charge in [-0.2, -0.15) is 5.10 Å². The third-order valence-corrected chi connectivity index (χ3v) is 2.85. The Balaban J connectivity index is 2.73. The Morgan fingerprint density at radius 2 is 2.07 bits per heavy atom. The van der Waals surface area contributed by atoms with Crippen LogP contribution in [0.15, 0.2) is 0 Å². The Hall–Kier alpha value is -1.03. The lowest BCUT2D eigenvalue weighted by molar-refractivity contribution is -0.0315. The Labute approximate surface area is 91.4 Å². The van der Waals surface area contributed by atoms with Crippen molar-refractivity contribution in [3.63, 3.8) is 0 Å². The standard InChI is InChI=1S/C11H21N3O/c1-6-11(3,4)15-7-9-8(2)13-14(5)10(9)12/h6-7,12H2,1-5H3. The molecule has 1 aromatic heterocycles. The molecular weight excluding hydrogens is 190 g/mol. The van der Waals surface area contributed by atoms with E-state index in [1.807, 2.05) is 14.0 Å². The fourth-order valence-corrected chi connectivity index (χ4v) is 1.27. The normalized spacial score (nSPS) is 12.1. The van der Waals surface area contributed by atoms with E-state index >= 15 is 0 Å². The predicted octanol–water partition coefficient (Wildman–Crippen LogP) is 2.02. The molecular formula is C11H21N3O. The molecule has 0 saturated carbocycles. The first-order valence-electron chi connectivity index (χ1n) is 5.29. The van der Waals surface area contributed by atoms with Gasteiger partial charge in [-0.05, 0) is 27.2 Å². The van der Waals surface area contributed by atoms with Gasteiger partial charge in [0.2, 0.25) is 0 Å². The number of anilines is 1. The minimum atomic E-state index is -0.102. The number of rotatable bonds is 4. The summed E-state index contributed by atoms with van der Waals surface area (Å²) in [5.41, 5.74) is 7.74. The number of nitrogens with two attached hydrogens (primary N) is 1. The second-order valence-corrected chi connectivity index (χ2v) is 4.47. The van der Waals surface area contributed by atoms with Crippen LogP contribution >= 0.6 is 0 Å². The van der Waals surface area contributed by atoms with Crippen LogP contribution in [0.1, 0.15) is 38.4 Å². The van der Waals surface area contributed by atoms with E-state index in [0.717, 1.165) is 17.7 Å². The Bertz CT molecular complexity index is 342. The summed E-state index contributed by atoms with van der Waals surface area (Å²) in [5, 5.41) is 4.25. The SMILES string of the molecule is CCC(C)(C)OCc1c(C)nn(C)c1N. The number of nitrogen functional groups attached to an aromatic ring is 1. The van der Waals surface area contributed by atoms with Gasteiger partial charge in [-0.3, -0.25) is 4.68 Å². The maximum absolute atomic E-state index is 5.89. The summed E-state index contributed by atoms with van der Waals surface area (Å²) in [4.78, 5) is 0. The van der Waals surface area contributed by atoms with Crippen molar-refractivity contribution in [1.29, 1.82) is 0 Å². The molecule has 15 heavy (non-hydrogen) atoms. The van der Waals surface area contributed by atoms with E-state index < -0.39 is 0 Å². The fraction of sp³-hybridized carbons (Fsp3) is 0.727. The predicted molar refractivity (Wildman–Crippen MR) is 61.5 cm³/mol. The Morgan fingerprint density at radius 1 is 1.47 bits per heavy atom. The highest BCUT2D eigenvalue weighted by Crippen LogP contribution is 2.21. The molecule has 0 unspecified atom stereocenters. The average Bonchev–Trinajstić information content (AvgIpc) is 2.39. The summed E-state index contributed by atoms with van der Waals surface area (Å²) in [6, 6.07) is 0. The molecule has 0 saturated heterocycles. The summed E-state index contributed by atoms with van der Waals surface area (Å²) in [7, 11) is 1.84. The van der Waals surface area contributed by atoms with Crippen LogP contribution < -0.4 is 5.73 Å². The maximum Gasteiger partial charge on any atom is 0.127 e. The zero-order valence-electron chi connectivity index (χ0n) is 10.3.